The highest BCUT2D eigenvalue weighted by Crippen LogP contribution is 2.51. The van der Waals surface area contributed by atoms with Crippen molar-refractivity contribution in [2.24, 2.45) is 23.1 Å². The lowest BCUT2D eigenvalue weighted by Crippen LogP contribution is -2.64. The smallest absolute Gasteiger partial charge is 0.330 e. The molecular formula is C78H99Cl2N11O26. The number of hydrogen-bond donors (Lipinski definition) is 21. The fraction of sp³-hybridized carbons (Fsp3) is 0.513. The molecule has 8 aliphatic heterocycles. The van der Waals surface area contributed by atoms with Gasteiger partial charge in [0.2, 0.25) is 53.4 Å². The molecule has 39 heteroatoms. The number of phenols is 3. The molecule has 636 valence electrons. The van der Waals surface area contributed by atoms with E-state index < -0.39 is 261 Å². The number of aromatic hydroxyl groups is 3. The van der Waals surface area contributed by atoms with Gasteiger partial charge in [-0.15, -0.1) is 0 Å². The number of benzene rings is 5. The van der Waals surface area contributed by atoms with Gasteiger partial charge in [0.25, 0.3) is 0 Å². The molecule has 3 saturated heterocycles. The minimum atomic E-state index is -2.39. The number of nitrogens with one attached hydrogen (secondary N) is 8. The van der Waals surface area contributed by atoms with Gasteiger partial charge in [0.1, 0.15) is 89.5 Å². The van der Waals surface area contributed by atoms with E-state index in [-0.39, 0.29) is 64.8 Å². The van der Waals surface area contributed by atoms with E-state index in [1.807, 2.05) is 20.8 Å². The van der Waals surface area contributed by atoms with Crippen LogP contribution in [0.5, 0.6) is 46.0 Å². The summed E-state index contributed by atoms with van der Waals surface area (Å²) < 4.78 is 51.9. The van der Waals surface area contributed by atoms with Crippen molar-refractivity contribution in [3.63, 3.8) is 0 Å². The van der Waals surface area contributed by atoms with E-state index in [9.17, 15) is 65.4 Å². The maximum Gasteiger partial charge on any atom is 0.330 e. The molecule has 5 aromatic rings. The molecule has 0 spiro atoms. The van der Waals surface area contributed by atoms with Crippen LogP contribution in [0, 0.1) is 5.92 Å². The standard InChI is InChI=1S/C78H99Cl2N11O26/c1-9-10-17-85-28-39-45(94)24-38-54(61(39)97)37-19-33(11-14-44(37)93)55-71(104)91-59(74(107)89-57(38)75(108)109)64(115-52-26-77(6,82)67(100)31(4)110-52)35-13-16-47(41(80)21-35)113-49-23-36-22-48(65(49)117-76-66(63(99)62(98)50(29-92)114-76)116-53-27-78(7,83)68(101)32(5)111-53)112-46-15-12-34(20-40(46)79)60(96)58(90-69(102)42(84-8)18-30(2)3)73(106)86-43(25-51(81)95)70(103)87-56(36)72(105)88-55/h11-16,19-24,30-32,42-43,50,52-53,55-60,62-64,66-68,76,84-85,92-94,96-101H,9-10,17-18,25-29,82-83H2,1-8H3,(H2,81,95)(H,86,106)(H,87,103)(H,88,105)(H,89,107)(H,90,102)(H,91,104)(H,108,109)/t31-,32-,42+,43-,50-,52-,53-,55+,56+,57+,58+,59-,60+,62-,63+,64+,66-,67+,68+,76+,77-,78-/m0/s1. The van der Waals surface area contributed by atoms with Gasteiger partial charge in [-0.2, -0.15) is 0 Å². The molecule has 5 aromatic carbocycles. The topological polar surface area (TPSA) is 587 Å². The van der Waals surface area contributed by atoms with Gasteiger partial charge < -0.3 is 149 Å². The van der Waals surface area contributed by atoms with Crippen molar-refractivity contribution in [2.75, 3.05) is 20.2 Å². The fourth-order valence-electron chi connectivity index (χ4n) is 15.0. The number of primary amides is 1. The number of phenolic OH excluding ortho intramolecular Hbond substituents is 3. The lowest BCUT2D eigenvalue weighted by Gasteiger charge is -2.47. The van der Waals surface area contributed by atoms with Gasteiger partial charge in [-0.1, -0.05) is 68.6 Å². The Balaban J connectivity index is 1.20. The zero-order valence-electron chi connectivity index (χ0n) is 64.9. The van der Waals surface area contributed by atoms with Crippen molar-refractivity contribution in [2.45, 2.75) is 227 Å². The summed E-state index contributed by atoms with van der Waals surface area (Å²) in [5, 5.41) is 137. The van der Waals surface area contributed by atoms with Crippen LogP contribution in [0.2, 0.25) is 10.0 Å². The van der Waals surface area contributed by atoms with Gasteiger partial charge >= 0.3 is 5.97 Å². The van der Waals surface area contributed by atoms with Crippen LogP contribution in [-0.4, -0.2) is 222 Å². The Kier molecular flexibility index (Phi) is 27.6. The zero-order valence-corrected chi connectivity index (χ0v) is 66.4. The van der Waals surface area contributed by atoms with Crippen molar-refractivity contribution in [1.29, 1.82) is 0 Å². The maximum atomic E-state index is 16.6. The average molecular weight is 1680 g/mol. The molecule has 0 radical (unpaired) electrons. The van der Waals surface area contributed by atoms with Gasteiger partial charge in [-0.25, -0.2) is 4.79 Å². The average Bonchev–Trinajstić information content (AvgIpc) is 0.754. The number of rotatable bonds is 20. The molecule has 11 bridgehead atoms. The van der Waals surface area contributed by atoms with E-state index >= 15 is 24.0 Å². The highest BCUT2D eigenvalue weighted by Gasteiger charge is 2.53. The van der Waals surface area contributed by atoms with Crippen molar-refractivity contribution >= 4 is 70.5 Å². The third kappa shape index (κ3) is 19.4. The molecule has 37 nitrogen and oxygen atoms in total. The predicted molar refractivity (Wildman–Crippen MR) is 412 cm³/mol. The van der Waals surface area contributed by atoms with Crippen molar-refractivity contribution < 1.29 is 127 Å². The molecule has 117 heavy (non-hydrogen) atoms. The Hall–Kier alpha value is -9.36. The molecule has 22 atom stereocenters. The number of nitrogens with two attached hydrogens (primary N) is 3. The van der Waals surface area contributed by atoms with E-state index in [2.05, 4.69) is 42.5 Å². The molecule has 13 rings (SSSR count). The largest absolute Gasteiger partial charge is 0.507 e. The lowest BCUT2D eigenvalue weighted by atomic mass is 9.86. The number of halogens is 2. The molecule has 0 aliphatic carbocycles. The van der Waals surface area contributed by atoms with Gasteiger partial charge in [-0.05, 0) is 137 Å². The van der Waals surface area contributed by atoms with E-state index in [1.54, 1.807) is 0 Å². The van der Waals surface area contributed by atoms with Gasteiger partial charge in [0.05, 0.1) is 59.1 Å². The van der Waals surface area contributed by atoms with Crippen LogP contribution < -0.4 is 73.9 Å². The third-order valence-electron chi connectivity index (χ3n) is 21.4. The second kappa shape index (κ2) is 36.5. The minimum absolute atomic E-state index is 0.114. The number of hydrogen-bond acceptors (Lipinski definition) is 29. The number of unbranched alkanes of at least 4 members (excludes halogenated alkanes) is 1. The number of fused-ring (bicyclic) bond motifs is 15. The number of aliphatic hydroxyl groups excluding tert-OH is 6. The van der Waals surface area contributed by atoms with E-state index in [4.69, 9.17) is 78.3 Å². The summed E-state index contributed by atoms with van der Waals surface area (Å²) in [7, 11) is 1.48. The van der Waals surface area contributed by atoms with E-state index in [0.29, 0.717) is 13.0 Å². The zero-order chi connectivity index (χ0) is 85.3. The second-order valence-corrected chi connectivity index (χ2v) is 31.9. The van der Waals surface area contributed by atoms with Gasteiger partial charge in [0.15, 0.2) is 36.2 Å². The first-order valence-electron chi connectivity index (χ1n) is 38.0. The number of aliphatic hydroxyl groups is 6. The molecule has 3 fully saturated rings. The molecule has 0 aromatic heterocycles. The SMILES string of the molecule is CCCCNCc1c(O)cc2c(c1O)-c1cc(ccc1O)[C@H]1NC(=O)[C@@H]3NC(=O)[C@H](CC(N)=O)NC(=O)[C@H](NC(=O)[C@@H](CC(C)C)NC)[C@H](O)c4ccc(c(Cl)c4)Oc4cc3cc(c4O[C@H]3O[C@@H](CO)[C@H](O)[C@@H](O)[C@@H]3O[C@H]3C[C@](C)(N)[C@H](O)[C@H](C)O3)Oc3ccc(cc3Cl)[C@@H](O[C@H]3C[C@](C)(N)[C@H](O)[C@H](C)O3)[C@H](NC1=O)C(=O)N[C@H]2C(=O)O. The molecule has 7 amide bonds. The fourth-order valence-corrected chi connectivity index (χ4v) is 15.5. The van der Waals surface area contributed by atoms with E-state index in [0.717, 1.165) is 48.9 Å². The van der Waals surface area contributed by atoms with Gasteiger partial charge in [-0.3, -0.25) is 33.6 Å². The number of carboxylic acids is 1. The Labute approximate surface area is 680 Å². The first-order valence-corrected chi connectivity index (χ1v) is 38.8. The Morgan fingerprint density at radius 3 is 1.84 bits per heavy atom. The second-order valence-electron chi connectivity index (χ2n) is 31.0. The highest BCUT2D eigenvalue weighted by atomic mass is 35.5. The highest BCUT2D eigenvalue weighted by molar-refractivity contribution is 6.32. The van der Waals surface area contributed by atoms with Crippen LogP contribution in [0.4, 0.5) is 0 Å². The van der Waals surface area contributed by atoms with Crippen molar-refractivity contribution in [3.8, 4) is 57.1 Å². The molecule has 0 unspecified atom stereocenters. The number of carbonyl (C=O) groups excluding carboxylic acids is 7. The van der Waals surface area contributed by atoms with Gasteiger partial charge in [0, 0.05) is 47.2 Å². The number of amides is 7. The van der Waals surface area contributed by atoms with Crippen LogP contribution >= 0.6 is 23.2 Å². The summed E-state index contributed by atoms with van der Waals surface area (Å²) >= 11 is 14.6. The summed E-state index contributed by atoms with van der Waals surface area (Å²) in [6, 6.07) is -1.09. The molecular weight excluding hydrogens is 1580 g/mol. The Morgan fingerprint density at radius 2 is 1.26 bits per heavy atom. The first-order chi connectivity index (χ1) is 55.2. The molecule has 8 heterocycles. The summed E-state index contributed by atoms with van der Waals surface area (Å²) in [5.41, 5.74) is 13.2. The van der Waals surface area contributed by atoms with Crippen molar-refractivity contribution in [1.82, 2.24) is 42.5 Å². The summed E-state index contributed by atoms with van der Waals surface area (Å²) in [6.07, 6.45) is -21.6. The van der Waals surface area contributed by atoms with Crippen LogP contribution in [0.15, 0.2) is 72.8 Å². The van der Waals surface area contributed by atoms with Crippen LogP contribution in [-0.2, 0) is 68.6 Å². The quantitative estimate of drug-likeness (QED) is 0.0487. The number of ether oxygens (including phenoxy) is 8. The molecule has 8 aliphatic rings. The first kappa shape index (κ1) is 88.5. The minimum Gasteiger partial charge on any atom is -0.507 e. The number of carboxylic acid groups (broad SMARTS) is 1. The van der Waals surface area contributed by atoms with Crippen LogP contribution in [0.25, 0.3) is 11.1 Å². The van der Waals surface area contributed by atoms with Crippen molar-refractivity contribution in [3.05, 3.63) is 116 Å². The molecule has 0 saturated carbocycles. The summed E-state index contributed by atoms with van der Waals surface area (Å²) in [4.78, 5) is 121. The monoisotopic (exact) mass is 1680 g/mol. The summed E-state index contributed by atoms with van der Waals surface area (Å²) in [6.45, 7) is 10.6. The third-order valence-corrected chi connectivity index (χ3v) is 22.0. The lowest BCUT2D eigenvalue weighted by molar-refractivity contribution is -0.333. The Bertz CT molecular complexity index is 4580. The predicted octanol–water partition coefficient (Wildman–Crippen LogP) is 1.23. The number of likely N-dealkylation sites (N-methyl/N-ethyl adjacent to an activating group) is 1. The van der Waals surface area contributed by atoms with Crippen LogP contribution in [0.1, 0.15) is 151 Å². The van der Waals surface area contributed by atoms with E-state index in [1.165, 1.54) is 65.1 Å². The maximum absolute atomic E-state index is 16.6. The number of aliphatic carboxylic acids is 1. The molecule has 24 N–H and O–H groups in total. The number of carbonyl (C=O) groups is 8. The Morgan fingerprint density at radius 1 is 0.684 bits per heavy atom. The normalized spacial score (nSPS) is 31.0. The van der Waals surface area contributed by atoms with Crippen LogP contribution in [0.3, 0.4) is 0 Å². The summed E-state index contributed by atoms with van der Waals surface area (Å²) in [5.74, 6) is -16.0.